The fourth-order valence-electron chi connectivity index (χ4n) is 3.32. The van der Waals surface area contributed by atoms with E-state index in [9.17, 15) is 0 Å². The fraction of sp³-hybridized carbons (Fsp3) is 0.571. The number of anilines is 1. The average molecular weight is 359 g/mol. The summed E-state index contributed by atoms with van der Waals surface area (Å²) in [6.07, 6.45) is 4.34. The van der Waals surface area contributed by atoms with Gasteiger partial charge in [0, 0.05) is 22.9 Å². The Morgan fingerprint density at radius 2 is 1.88 bits per heavy atom. The van der Waals surface area contributed by atoms with E-state index < -0.39 is 0 Å². The molecule has 1 nitrogen and oxygen atoms in total. The molecule has 2 fully saturated rings. The summed E-state index contributed by atoms with van der Waals surface area (Å²) in [7, 11) is 0. The first-order valence-corrected chi connectivity index (χ1v) is 8.28. The molecule has 1 aliphatic carbocycles. The van der Waals surface area contributed by atoms with Gasteiger partial charge in [0.25, 0.3) is 0 Å². The maximum atomic E-state index is 3.72. The summed E-state index contributed by atoms with van der Waals surface area (Å²) in [4.78, 5) is 2.57. The first-order chi connectivity index (χ1) is 8.28. The fourth-order valence-corrected chi connectivity index (χ4v) is 4.35. The molecule has 0 N–H and O–H groups in total. The predicted molar refractivity (Wildman–Crippen MR) is 79.8 cm³/mol. The van der Waals surface area contributed by atoms with E-state index >= 15 is 0 Å². The molecule has 2 unspecified atom stereocenters. The molecular formula is C14H17Br2N. The molecule has 2 atom stereocenters. The third kappa shape index (κ3) is 2.28. The van der Waals surface area contributed by atoms with Crippen LogP contribution in [0.4, 0.5) is 5.69 Å². The van der Waals surface area contributed by atoms with Gasteiger partial charge in [0.05, 0.1) is 5.69 Å². The molecule has 3 rings (SSSR count). The Balaban J connectivity index is 1.81. The minimum atomic E-state index is 0.928. The van der Waals surface area contributed by atoms with Gasteiger partial charge < -0.3 is 4.90 Å². The van der Waals surface area contributed by atoms with E-state index in [2.05, 4.69) is 55.0 Å². The number of nitrogens with zero attached hydrogens (tertiary/aromatic N) is 1. The highest BCUT2D eigenvalue weighted by Gasteiger charge is 2.36. The second-order valence-corrected chi connectivity index (χ2v) is 6.69. The smallest absolute Gasteiger partial charge is 0.0511 e. The summed E-state index contributed by atoms with van der Waals surface area (Å²) in [5.41, 5.74) is 2.71. The maximum absolute atomic E-state index is 3.72. The van der Waals surface area contributed by atoms with Crippen LogP contribution in [0, 0.1) is 11.8 Å². The van der Waals surface area contributed by atoms with Gasteiger partial charge in [-0.3, -0.25) is 0 Å². The SMILES string of the molecule is BrCc1ccc(N2CC3CCCC3C2)c(Br)c1. The van der Waals surface area contributed by atoms with Crippen LogP contribution in [0.1, 0.15) is 24.8 Å². The standard InChI is InChI=1S/C14H17Br2N/c15-7-10-4-5-14(13(16)6-10)17-8-11-2-1-3-12(11)9-17/h4-6,11-12H,1-3,7-9H2. The lowest BCUT2D eigenvalue weighted by molar-refractivity contribution is 0.494. The highest BCUT2D eigenvalue weighted by Crippen LogP contribution is 2.41. The molecule has 1 aliphatic heterocycles. The number of rotatable bonds is 2. The molecule has 2 aliphatic rings. The van der Waals surface area contributed by atoms with Crippen molar-refractivity contribution in [2.24, 2.45) is 11.8 Å². The average Bonchev–Trinajstić information content (AvgIpc) is 2.89. The number of hydrogen-bond acceptors (Lipinski definition) is 1. The molecule has 0 aromatic heterocycles. The van der Waals surface area contributed by atoms with Crippen LogP contribution in [-0.4, -0.2) is 13.1 Å². The number of fused-ring (bicyclic) bond motifs is 1. The molecule has 1 saturated heterocycles. The lowest BCUT2D eigenvalue weighted by Gasteiger charge is -2.21. The summed E-state index contributed by atoms with van der Waals surface area (Å²) in [6.45, 7) is 2.52. The van der Waals surface area contributed by atoms with E-state index in [0.29, 0.717) is 0 Å². The highest BCUT2D eigenvalue weighted by atomic mass is 79.9. The second kappa shape index (κ2) is 4.93. The van der Waals surface area contributed by atoms with E-state index in [1.807, 2.05) is 0 Å². The van der Waals surface area contributed by atoms with Gasteiger partial charge in [-0.15, -0.1) is 0 Å². The molecule has 1 aromatic carbocycles. The van der Waals surface area contributed by atoms with E-state index in [4.69, 9.17) is 0 Å². The van der Waals surface area contributed by atoms with E-state index in [-0.39, 0.29) is 0 Å². The minimum Gasteiger partial charge on any atom is -0.370 e. The highest BCUT2D eigenvalue weighted by molar-refractivity contribution is 9.10. The molecule has 92 valence electrons. The number of alkyl halides is 1. The first kappa shape index (κ1) is 12.0. The van der Waals surface area contributed by atoms with Crippen LogP contribution in [0.5, 0.6) is 0 Å². The van der Waals surface area contributed by atoms with Gasteiger partial charge in [0.15, 0.2) is 0 Å². The van der Waals surface area contributed by atoms with Crippen molar-refractivity contribution < 1.29 is 0 Å². The van der Waals surface area contributed by atoms with Crippen molar-refractivity contribution in [3.05, 3.63) is 28.2 Å². The van der Waals surface area contributed by atoms with Gasteiger partial charge in [-0.25, -0.2) is 0 Å². The monoisotopic (exact) mass is 357 g/mol. The van der Waals surface area contributed by atoms with Crippen LogP contribution >= 0.6 is 31.9 Å². The normalized spacial score (nSPS) is 27.5. The van der Waals surface area contributed by atoms with Crippen molar-refractivity contribution in [3.63, 3.8) is 0 Å². The van der Waals surface area contributed by atoms with Crippen molar-refractivity contribution in [2.75, 3.05) is 18.0 Å². The van der Waals surface area contributed by atoms with Crippen molar-refractivity contribution in [1.82, 2.24) is 0 Å². The Hall–Kier alpha value is -0.0200. The molecule has 0 radical (unpaired) electrons. The third-order valence-electron chi connectivity index (χ3n) is 4.23. The van der Waals surface area contributed by atoms with Crippen molar-refractivity contribution in [2.45, 2.75) is 24.6 Å². The van der Waals surface area contributed by atoms with Crippen LogP contribution in [0.25, 0.3) is 0 Å². The largest absolute Gasteiger partial charge is 0.370 e. The Morgan fingerprint density at radius 3 is 2.47 bits per heavy atom. The van der Waals surface area contributed by atoms with Gasteiger partial charge in [0.1, 0.15) is 0 Å². The lowest BCUT2D eigenvalue weighted by Crippen LogP contribution is -2.21. The topological polar surface area (TPSA) is 3.24 Å². The van der Waals surface area contributed by atoms with Crippen LogP contribution in [0.15, 0.2) is 22.7 Å². The van der Waals surface area contributed by atoms with Crippen molar-refractivity contribution in [1.29, 1.82) is 0 Å². The molecule has 1 aromatic rings. The Morgan fingerprint density at radius 1 is 1.18 bits per heavy atom. The van der Waals surface area contributed by atoms with Gasteiger partial charge in [-0.05, 0) is 58.3 Å². The molecule has 3 heteroatoms. The molecular weight excluding hydrogens is 342 g/mol. The van der Waals surface area contributed by atoms with Crippen LogP contribution in [0.2, 0.25) is 0 Å². The summed E-state index contributed by atoms with van der Waals surface area (Å²) in [6, 6.07) is 6.73. The number of halogens is 2. The maximum Gasteiger partial charge on any atom is 0.0511 e. The predicted octanol–water partition coefficient (Wildman–Crippen LogP) is 4.58. The van der Waals surface area contributed by atoms with Crippen molar-refractivity contribution >= 4 is 37.5 Å². The minimum absolute atomic E-state index is 0.928. The van der Waals surface area contributed by atoms with E-state index in [1.54, 1.807) is 0 Å². The molecule has 0 amide bonds. The summed E-state index contributed by atoms with van der Waals surface area (Å²) in [5.74, 6) is 1.91. The third-order valence-corrected chi connectivity index (χ3v) is 5.52. The van der Waals surface area contributed by atoms with Gasteiger partial charge in [0.2, 0.25) is 0 Å². The molecule has 1 saturated carbocycles. The zero-order chi connectivity index (χ0) is 11.8. The summed E-state index contributed by atoms with van der Waals surface area (Å²) in [5, 5.41) is 0.928. The number of hydrogen-bond donors (Lipinski definition) is 0. The van der Waals surface area contributed by atoms with Crippen LogP contribution in [-0.2, 0) is 5.33 Å². The Labute approximate surface area is 120 Å². The zero-order valence-electron chi connectivity index (χ0n) is 9.83. The molecule has 0 bridgehead atoms. The van der Waals surface area contributed by atoms with E-state index in [0.717, 1.165) is 17.2 Å². The number of benzene rings is 1. The van der Waals surface area contributed by atoms with Crippen LogP contribution in [0.3, 0.4) is 0 Å². The quantitative estimate of drug-likeness (QED) is 0.699. The van der Waals surface area contributed by atoms with Gasteiger partial charge >= 0.3 is 0 Å². The second-order valence-electron chi connectivity index (χ2n) is 5.28. The van der Waals surface area contributed by atoms with Crippen molar-refractivity contribution in [3.8, 4) is 0 Å². The summed E-state index contributed by atoms with van der Waals surface area (Å²) >= 11 is 7.22. The summed E-state index contributed by atoms with van der Waals surface area (Å²) < 4.78 is 1.24. The Bertz CT molecular complexity index is 407. The lowest BCUT2D eigenvalue weighted by atomic mass is 10.0. The molecule has 1 heterocycles. The van der Waals surface area contributed by atoms with E-state index in [1.165, 1.54) is 48.1 Å². The first-order valence-electron chi connectivity index (χ1n) is 6.37. The van der Waals surface area contributed by atoms with Crippen LogP contribution < -0.4 is 4.90 Å². The molecule has 17 heavy (non-hydrogen) atoms. The zero-order valence-corrected chi connectivity index (χ0v) is 13.0. The Kier molecular flexibility index (Phi) is 3.49. The molecule has 0 spiro atoms. The van der Waals surface area contributed by atoms with Gasteiger partial charge in [-0.2, -0.15) is 0 Å². The van der Waals surface area contributed by atoms with Gasteiger partial charge in [-0.1, -0.05) is 28.4 Å².